The quantitative estimate of drug-likeness (QED) is 0.0606. The van der Waals surface area contributed by atoms with Gasteiger partial charge in [-0.25, -0.2) is 9.97 Å². The van der Waals surface area contributed by atoms with Gasteiger partial charge in [0.05, 0.1) is 19.1 Å². The Hall–Kier alpha value is -3.33. The van der Waals surface area contributed by atoms with E-state index < -0.39 is 13.9 Å². The third-order valence-corrected chi connectivity index (χ3v) is 15.1. The van der Waals surface area contributed by atoms with E-state index in [-0.39, 0.29) is 23.5 Å². The van der Waals surface area contributed by atoms with E-state index in [4.69, 9.17) is 24.5 Å². The molecule has 3 N–H and O–H groups in total. The number of methoxy groups -OCH3 is 1. The molecule has 1 aliphatic rings. The van der Waals surface area contributed by atoms with Crippen LogP contribution in [0.25, 0.3) is 11.0 Å². The van der Waals surface area contributed by atoms with Crippen molar-refractivity contribution in [1.82, 2.24) is 20.0 Å². The Balaban J connectivity index is 1.40. The fraction of sp³-hybridized carbons (Fsp3) is 0.351. The maximum absolute atomic E-state index is 6.90. The minimum absolute atomic E-state index is 0.0466. The zero-order valence-electron chi connectivity index (χ0n) is 28.3. The van der Waals surface area contributed by atoms with Crippen LogP contribution in [0.3, 0.4) is 0 Å². The van der Waals surface area contributed by atoms with Crippen molar-refractivity contribution in [3.8, 4) is 5.75 Å². The maximum Gasteiger partial charge on any atom is 0.192 e. The van der Waals surface area contributed by atoms with Crippen LogP contribution in [0.2, 0.25) is 18.1 Å². The molecule has 2 aromatic heterocycles. The molecule has 6 rings (SSSR count). The molecule has 0 bridgehead atoms. The molecule has 252 valence electrons. The fourth-order valence-corrected chi connectivity index (χ4v) is 7.82. The molecule has 5 aromatic rings. The number of hydrogen-bond donors (Lipinski definition) is 2. The van der Waals surface area contributed by atoms with E-state index in [9.17, 15) is 0 Å². The third kappa shape index (κ3) is 6.63. The molecule has 3 aromatic carbocycles. The molecule has 0 saturated carbocycles. The maximum atomic E-state index is 6.90. The van der Waals surface area contributed by atoms with Crippen LogP contribution in [-0.2, 0) is 19.5 Å². The van der Waals surface area contributed by atoms with Gasteiger partial charge in [0.1, 0.15) is 47.5 Å². The second-order valence-corrected chi connectivity index (χ2v) is 19.7. The van der Waals surface area contributed by atoms with Gasteiger partial charge in [0.25, 0.3) is 0 Å². The number of hydroxylamine groups is 1. The Labute approximate surface area is 297 Å². The van der Waals surface area contributed by atoms with E-state index in [0.717, 1.165) is 37.0 Å². The van der Waals surface area contributed by atoms with E-state index in [1.165, 1.54) is 6.33 Å². The zero-order chi connectivity index (χ0) is 34.1. The van der Waals surface area contributed by atoms with E-state index >= 15 is 0 Å². The lowest BCUT2D eigenvalue weighted by Crippen LogP contribution is -2.49. The van der Waals surface area contributed by atoms with Crippen LogP contribution in [0.15, 0.2) is 97.5 Å². The van der Waals surface area contributed by atoms with Gasteiger partial charge in [-0.2, -0.15) is 5.48 Å². The van der Waals surface area contributed by atoms with Crippen LogP contribution in [0.1, 0.15) is 50.1 Å². The largest absolute Gasteiger partial charge is 0.497 e. The van der Waals surface area contributed by atoms with Gasteiger partial charge < -0.3 is 24.2 Å². The van der Waals surface area contributed by atoms with Gasteiger partial charge in [-0.3, -0.25) is 4.84 Å². The van der Waals surface area contributed by atoms with Crippen LogP contribution >= 0.6 is 22.6 Å². The van der Waals surface area contributed by atoms with Crippen molar-refractivity contribution in [2.75, 3.05) is 19.5 Å². The van der Waals surface area contributed by atoms with Crippen molar-refractivity contribution in [3.05, 3.63) is 118 Å². The first-order valence-corrected chi connectivity index (χ1v) is 20.2. The lowest BCUT2D eigenvalue weighted by atomic mass is 9.78. The average molecular weight is 778 g/mol. The van der Waals surface area contributed by atoms with E-state index in [0.29, 0.717) is 18.8 Å². The van der Waals surface area contributed by atoms with Crippen LogP contribution < -0.4 is 16.0 Å². The second kappa shape index (κ2) is 13.9. The number of halogens is 1. The first kappa shape index (κ1) is 34.5. The SMILES string of the molecule is COc1ccc(C(NO[C@H]2C[C@H](n3cc(I)c4c(N)ncnc43)O[C@@H]2CO[Si](C)(C)C(C)(C)C)(c2ccccc2)c2ccccc2)cc1. The standard InChI is InChI=1S/C37H44IN5O4Si/c1-36(2,3)48(5,6)45-23-31-30(21-32(46-31)43-22-29(38)33-34(39)40-24-41-35(33)43)47-42-37(25-13-9-7-10-14-25,26-15-11-8-12-16-26)27-17-19-28(44-4)20-18-27/h7-20,22,24,30-32,42H,21,23H2,1-6H3,(H2,39,40,41)/t30-,31+,32+/m0/s1. The second-order valence-electron chi connectivity index (χ2n) is 13.7. The highest BCUT2D eigenvalue weighted by atomic mass is 127. The Morgan fingerprint density at radius 2 is 1.54 bits per heavy atom. The van der Waals surface area contributed by atoms with Gasteiger partial charge >= 0.3 is 0 Å². The van der Waals surface area contributed by atoms with Gasteiger partial charge in [0.2, 0.25) is 0 Å². The van der Waals surface area contributed by atoms with Gasteiger partial charge in [-0.05, 0) is 69.5 Å². The summed E-state index contributed by atoms with van der Waals surface area (Å²) >= 11 is 2.28. The molecule has 0 spiro atoms. The molecule has 1 saturated heterocycles. The third-order valence-electron chi connectivity index (χ3n) is 9.80. The van der Waals surface area contributed by atoms with Crippen LogP contribution in [0.4, 0.5) is 5.82 Å². The number of hydrogen-bond acceptors (Lipinski definition) is 8. The van der Waals surface area contributed by atoms with E-state index in [1.807, 2.05) is 35.0 Å². The minimum atomic E-state index is -2.09. The Bertz CT molecular complexity index is 1790. The van der Waals surface area contributed by atoms with Crippen molar-refractivity contribution in [2.45, 2.75) is 69.3 Å². The van der Waals surface area contributed by atoms with Gasteiger partial charge in [-0.1, -0.05) is 93.6 Å². The number of nitrogen functional groups attached to an aromatic ring is 1. The number of aromatic nitrogens is 3. The molecule has 48 heavy (non-hydrogen) atoms. The Morgan fingerprint density at radius 1 is 0.938 bits per heavy atom. The molecule has 1 fully saturated rings. The van der Waals surface area contributed by atoms with Crippen molar-refractivity contribution in [2.24, 2.45) is 0 Å². The number of nitrogens with zero attached hydrogens (tertiary/aromatic N) is 3. The normalized spacial score (nSPS) is 18.8. The first-order valence-electron chi connectivity index (χ1n) is 16.2. The van der Waals surface area contributed by atoms with E-state index in [2.05, 4.69) is 133 Å². The van der Waals surface area contributed by atoms with Gasteiger partial charge in [0.15, 0.2) is 8.32 Å². The summed E-state index contributed by atoms with van der Waals surface area (Å²) in [5.41, 5.74) is 12.8. The molecule has 3 atom stereocenters. The highest BCUT2D eigenvalue weighted by Crippen LogP contribution is 2.42. The number of nitrogens with two attached hydrogens (primary N) is 1. The molecule has 1 aliphatic heterocycles. The molecule has 0 aliphatic carbocycles. The molecule has 3 heterocycles. The molecule has 0 unspecified atom stereocenters. The van der Waals surface area contributed by atoms with Crippen LogP contribution in [0, 0.1) is 3.57 Å². The molecule has 11 heteroatoms. The number of rotatable bonds is 11. The summed E-state index contributed by atoms with van der Waals surface area (Å²) in [5.74, 6) is 1.23. The summed E-state index contributed by atoms with van der Waals surface area (Å²) in [6.07, 6.45) is 3.01. The Morgan fingerprint density at radius 3 is 2.12 bits per heavy atom. The predicted molar refractivity (Wildman–Crippen MR) is 200 cm³/mol. The molecular formula is C37H44IN5O4Si. The number of ether oxygens (including phenoxy) is 2. The molecule has 0 amide bonds. The summed E-state index contributed by atoms with van der Waals surface area (Å²) < 4.78 is 22.1. The van der Waals surface area contributed by atoms with Crippen molar-refractivity contribution >= 4 is 47.8 Å². The number of fused-ring (bicyclic) bond motifs is 1. The van der Waals surface area contributed by atoms with Crippen LogP contribution in [0.5, 0.6) is 5.75 Å². The number of anilines is 1. The molecular weight excluding hydrogens is 733 g/mol. The van der Waals surface area contributed by atoms with Crippen molar-refractivity contribution in [3.63, 3.8) is 0 Å². The number of nitrogens with one attached hydrogen (secondary N) is 1. The zero-order valence-corrected chi connectivity index (χ0v) is 31.5. The fourth-order valence-electron chi connectivity index (χ4n) is 5.99. The molecule has 0 radical (unpaired) electrons. The predicted octanol–water partition coefficient (Wildman–Crippen LogP) is 7.82. The topological polar surface area (TPSA) is 106 Å². The number of benzene rings is 3. The Kier molecular flexibility index (Phi) is 9.99. The smallest absolute Gasteiger partial charge is 0.192 e. The lowest BCUT2D eigenvalue weighted by molar-refractivity contribution is -0.102. The first-order chi connectivity index (χ1) is 22.9. The van der Waals surface area contributed by atoms with Crippen molar-refractivity contribution < 1.29 is 18.7 Å². The van der Waals surface area contributed by atoms with Crippen molar-refractivity contribution in [1.29, 1.82) is 0 Å². The van der Waals surface area contributed by atoms with E-state index in [1.54, 1.807) is 7.11 Å². The van der Waals surface area contributed by atoms with Gasteiger partial charge in [0, 0.05) is 16.2 Å². The average Bonchev–Trinajstić information content (AvgIpc) is 3.65. The summed E-state index contributed by atoms with van der Waals surface area (Å²) in [5, 5.41) is 0.871. The summed E-state index contributed by atoms with van der Waals surface area (Å²) in [6.45, 7) is 11.7. The summed E-state index contributed by atoms with van der Waals surface area (Å²) in [6, 6.07) is 28.9. The summed E-state index contributed by atoms with van der Waals surface area (Å²) in [4.78, 5) is 15.7. The monoisotopic (exact) mass is 777 g/mol. The highest BCUT2D eigenvalue weighted by molar-refractivity contribution is 14.1. The van der Waals surface area contributed by atoms with Gasteiger partial charge in [-0.15, -0.1) is 0 Å². The highest BCUT2D eigenvalue weighted by Gasteiger charge is 2.45. The summed E-state index contributed by atoms with van der Waals surface area (Å²) in [7, 11) is -0.413. The van der Waals surface area contributed by atoms with Crippen LogP contribution in [-0.4, -0.2) is 48.8 Å². The molecule has 9 nitrogen and oxygen atoms in total. The lowest BCUT2D eigenvalue weighted by Gasteiger charge is -2.39. The minimum Gasteiger partial charge on any atom is -0.497 e.